The number of ether oxygens (including phenoxy) is 4. The predicted molar refractivity (Wildman–Crippen MR) is 81.1 cm³/mol. The van der Waals surface area contributed by atoms with Gasteiger partial charge < -0.3 is 24.3 Å². The number of rotatable bonds is 6. The number of hydrogen-bond acceptors (Lipinski definition) is 5. The molecule has 1 aromatic carbocycles. The van der Waals surface area contributed by atoms with Gasteiger partial charge in [-0.3, -0.25) is 0 Å². The molecule has 1 aliphatic heterocycles. The second kappa shape index (κ2) is 7.11. The molecular weight excluding hydrogens is 270 g/mol. The van der Waals surface area contributed by atoms with Crippen LogP contribution in [-0.2, 0) is 9.47 Å². The van der Waals surface area contributed by atoms with Gasteiger partial charge in [0.2, 0.25) is 0 Å². The molecule has 21 heavy (non-hydrogen) atoms. The molecule has 0 aromatic heterocycles. The Morgan fingerprint density at radius 2 is 1.67 bits per heavy atom. The highest BCUT2D eigenvalue weighted by atomic mass is 16.5. The van der Waals surface area contributed by atoms with E-state index >= 15 is 0 Å². The van der Waals surface area contributed by atoms with E-state index in [9.17, 15) is 0 Å². The zero-order chi connectivity index (χ0) is 15.3. The third-order valence-electron chi connectivity index (χ3n) is 4.32. The number of hydrogen-bond donors (Lipinski definition) is 1. The molecule has 1 atom stereocenters. The van der Waals surface area contributed by atoms with Crippen molar-refractivity contribution in [2.45, 2.75) is 24.5 Å². The lowest BCUT2D eigenvalue weighted by molar-refractivity contribution is -0.111. The maximum absolute atomic E-state index is 5.93. The number of benzene rings is 1. The fourth-order valence-electron chi connectivity index (χ4n) is 3.16. The highest BCUT2D eigenvalue weighted by Gasteiger charge is 2.43. The predicted octanol–water partition coefficient (Wildman–Crippen LogP) is 2.16. The Morgan fingerprint density at radius 1 is 1.10 bits per heavy atom. The fraction of sp³-hybridized carbons (Fsp3) is 0.625. The molecular formula is C16H25NO4. The van der Waals surface area contributed by atoms with Crippen molar-refractivity contribution in [1.82, 2.24) is 5.32 Å². The standard InChI is InChI=1S/C16H25NO4/c1-17-15(16(20-4)8-10-21-11-9-16)14-12(18-2)6-5-7-13(14)19-3/h5-7,15,17H,8-11H2,1-4H3. The van der Waals surface area contributed by atoms with Crippen LogP contribution in [0.25, 0.3) is 0 Å². The van der Waals surface area contributed by atoms with Crippen molar-refractivity contribution >= 4 is 0 Å². The molecule has 0 bridgehead atoms. The largest absolute Gasteiger partial charge is 0.496 e. The average molecular weight is 295 g/mol. The van der Waals surface area contributed by atoms with E-state index in [0.717, 1.165) is 29.9 Å². The minimum Gasteiger partial charge on any atom is -0.496 e. The van der Waals surface area contributed by atoms with Crippen molar-refractivity contribution in [3.8, 4) is 11.5 Å². The molecule has 1 unspecified atom stereocenters. The number of nitrogens with one attached hydrogen (secondary N) is 1. The van der Waals surface area contributed by atoms with E-state index in [2.05, 4.69) is 5.32 Å². The summed E-state index contributed by atoms with van der Waals surface area (Å²) in [5, 5.41) is 3.39. The van der Waals surface area contributed by atoms with Crippen LogP contribution in [0.3, 0.4) is 0 Å². The van der Waals surface area contributed by atoms with Crippen LogP contribution in [0.4, 0.5) is 0 Å². The maximum atomic E-state index is 5.93. The van der Waals surface area contributed by atoms with Crippen LogP contribution in [0.5, 0.6) is 11.5 Å². The van der Waals surface area contributed by atoms with Crippen LogP contribution in [0, 0.1) is 0 Å². The molecule has 1 saturated heterocycles. The molecule has 118 valence electrons. The Hall–Kier alpha value is -1.30. The zero-order valence-electron chi connectivity index (χ0n) is 13.3. The summed E-state index contributed by atoms with van der Waals surface area (Å²) in [5.41, 5.74) is 0.670. The lowest BCUT2D eigenvalue weighted by atomic mass is 9.81. The monoisotopic (exact) mass is 295 g/mol. The molecule has 1 heterocycles. The lowest BCUT2D eigenvalue weighted by Gasteiger charge is -2.43. The summed E-state index contributed by atoms with van der Waals surface area (Å²) < 4.78 is 22.5. The first-order valence-corrected chi connectivity index (χ1v) is 7.23. The highest BCUT2D eigenvalue weighted by Crippen LogP contribution is 2.44. The van der Waals surface area contributed by atoms with E-state index in [-0.39, 0.29) is 11.6 Å². The van der Waals surface area contributed by atoms with Crippen LogP contribution in [0.1, 0.15) is 24.4 Å². The summed E-state index contributed by atoms with van der Waals surface area (Å²) in [5.74, 6) is 1.60. The summed E-state index contributed by atoms with van der Waals surface area (Å²) in [7, 11) is 7.05. The van der Waals surface area contributed by atoms with Crippen LogP contribution < -0.4 is 14.8 Å². The minimum absolute atomic E-state index is 0.0301. The molecule has 0 spiro atoms. The van der Waals surface area contributed by atoms with Crippen molar-refractivity contribution in [2.75, 3.05) is 41.6 Å². The van der Waals surface area contributed by atoms with E-state index in [0.29, 0.717) is 13.2 Å². The van der Waals surface area contributed by atoms with E-state index < -0.39 is 0 Å². The summed E-state index contributed by atoms with van der Waals surface area (Å²) in [6.07, 6.45) is 1.66. The third-order valence-corrected chi connectivity index (χ3v) is 4.32. The molecule has 1 fully saturated rings. The first-order chi connectivity index (χ1) is 10.2. The number of methoxy groups -OCH3 is 3. The van der Waals surface area contributed by atoms with Crippen molar-refractivity contribution in [3.63, 3.8) is 0 Å². The Bertz CT molecular complexity index is 435. The Morgan fingerprint density at radius 3 is 2.10 bits per heavy atom. The van der Waals surface area contributed by atoms with E-state index in [1.165, 1.54) is 0 Å². The summed E-state index contributed by atoms with van der Waals surface area (Å²) in [6.45, 7) is 1.40. The summed E-state index contributed by atoms with van der Waals surface area (Å²) in [4.78, 5) is 0. The van der Waals surface area contributed by atoms with Crippen molar-refractivity contribution < 1.29 is 18.9 Å². The number of likely N-dealkylation sites (N-methyl/N-ethyl adjacent to an activating group) is 1. The van der Waals surface area contributed by atoms with Gasteiger partial charge in [0, 0.05) is 33.2 Å². The molecule has 1 N–H and O–H groups in total. The molecule has 5 nitrogen and oxygen atoms in total. The fourth-order valence-corrected chi connectivity index (χ4v) is 3.16. The lowest BCUT2D eigenvalue weighted by Crippen LogP contribution is -2.48. The maximum Gasteiger partial charge on any atom is 0.127 e. The van der Waals surface area contributed by atoms with Gasteiger partial charge in [0.1, 0.15) is 11.5 Å². The Kier molecular flexibility index (Phi) is 5.45. The highest BCUT2D eigenvalue weighted by molar-refractivity contribution is 5.48. The second-order valence-corrected chi connectivity index (χ2v) is 5.18. The van der Waals surface area contributed by atoms with Gasteiger partial charge in [0.15, 0.2) is 0 Å². The summed E-state index contributed by atoms with van der Waals surface area (Å²) in [6, 6.07) is 5.80. The minimum atomic E-state index is -0.324. The SMILES string of the molecule is CNC(c1c(OC)cccc1OC)C1(OC)CCOCC1. The quantitative estimate of drug-likeness (QED) is 0.871. The van der Waals surface area contributed by atoms with Crippen molar-refractivity contribution in [3.05, 3.63) is 23.8 Å². The van der Waals surface area contributed by atoms with Crippen LogP contribution in [0.2, 0.25) is 0 Å². The van der Waals surface area contributed by atoms with E-state index in [1.807, 2.05) is 25.2 Å². The first-order valence-electron chi connectivity index (χ1n) is 7.23. The van der Waals surface area contributed by atoms with Crippen LogP contribution in [0.15, 0.2) is 18.2 Å². The molecule has 0 saturated carbocycles. The van der Waals surface area contributed by atoms with Gasteiger partial charge in [-0.05, 0) is 19.2 Å². The van der Waals surface area contributed by atoms with E-state index in [1.54, 1.807) is 21.3 Å². The van der Waals surface area contributed by atoms with Crippen molar-refractivity contribution in [2.24, 2.45) is 0 Å². The van der Waals surface area contributed by atoms with Gasteiger partial charge in [-0.1, -0.05) is 6.07 Å². The molecule has 5 heteroatoms. The second-order valence-electron chi connectivity index (χ2n) is 5.18. The molecule has 1 aliphatic rings. The Labute approximate surface area is 126 Å². The van der Waals surface area contributed by atoms with Crippen LogP contribution >= 0.6 is 0 Å². The third kappa shape index (κ3) is 3.00. The topological polar surface area (TPSA) is 49.0 Å². The molecule has 0 aliphatic carbocycles. The molecule has 2 rings (SSSR count). The van der Waals surface area contributed by atoms with Crippen molar-refractivity contribution in [1.29, 1.82) is 0 Å². The van der Waals surface area contributed by atoms with Gasteiger partial charge >= 0.3 is 0 Å². The van der Waals surface area contributed by atoms with Gasteiger partial charge in [-0.2, -0.15) is 0 Å². The smallest absolute Gasteiger partial charge is 0.127 e. The van der Waals surface area contributed by atoms with Gasteiger partial charge in [-0.25, -0.2) is 0 Å². The first kappa shape index (κ1) is 16.1. The Balaban J connectivity index is 2.49. The van der Waals surface area contributed by atoms with Gasteiger partial charge in [-0.15, -0.1) is 0 Å². The molecule has 1 aromatic rings. The average Bonchev–Trinajstić information content (AvgIpc) is 2.56. The van der Waals surface area contributed by atoms with E-state index in [4.69, 9.17) is 18.9 Å². The van der Waals surface area contributed by atoms with Gasteiger partial charge in [0.05, 0.1) is 31.4 Å². The van der Waals surface area contributed by atoms with Gasteiger partial charge in [0.25, 0.3) is 0 Å². The molecule has 0 amide bonds. The summed E-state index contributed by atoms with van der Waals surface area (Å²) >= 11 is 0. The molecule has 0 radical (unpaired) electrons. The van der Waals surface area contributed by atoms with Crippen LogP contribution in [-0.4, -0.2) is 47.2 Å². The normalized spacial score (nSPS) is 19.0. The zero-order valence-corrected chi connectivity index (χ0v) is 13.3.